The van der Waals surface area contributed by atoms with E-state index in [1.807, 2.05) is 45.0 Å². The lowest BCUT2D eigenvalue weighted by atomic mass is 9.68. The Kier molecular flexibility index (Phi) is 3.95. The van der Waals surface area contributed by atoms with Gasteiger partial charge >= 0.3 is 5.97 Å². The minimum Gasteiger partial charge on any atom is -0.456 e. The number of carbonyl (C=O) groups is 2. The first-order chi connectivity index (χ1) is 10.8. The molecular formula is C19H25NO3. The predicted molar refractivity (Wildman–Crippen MR) is 89.7 cm³/mol. The van der Waals surface area contributed by atoms with Crippen LogP contribution in [0.1, 0.15) is 56.8 Å². The van der Waals surface area contributed by atoms with Crippen LogP contribution in [0.15, 0.2) is 24.3 Å². The molecule has 0 atom stereocenters. The molecule has 1 aromatic carbocycles. The van der Waals surface area contributed by atoms with E-state index >= 15 is 0 Å². The topological polar surface area (TPSA) is 46.6 Å². The van der Waals surface area contributed by atoms with Crippen LogP contribution in [0.25, 0.3) is 0 Å². The van der Waals surface area contributed by atoms with Crippen LogP contribution in [0, 0.1) is 5.41 Å². The lowest BCUT2D eigenvalue weighted by molar-refractivity contribution is -0.122. The molecule has 1 heterocycles. The lowest BCUT2D eigenvalue weighted by Crippen LogP contribution is -2.57. The number of anilines is 1. The Morgan fingerprint density at radius 3 is 2.17 bits per heavy atom. The summed E-state index contributed by atoms with van der Waals surface area (Å²) in [6, 6.07) is 7.64. The molecule has 0 unspecified atom stereocenters. The number of hydrogen-bond donors (Lipinski definition) is 0. The SMILES string of the molecule is CC(C)(C)OC(=O)c1ccc(N2CC3(CCC(=O)CC3)C2)cc1. The molecule has 0 N–H and O–H groups in total. The highest BCUT2D eigenvalue weighted by molar-refractivity contribution is 5.90. The summed E-state index contributed by atoms with van der Waals surface area (Å²) in [5, 5.41) is 0. The van der Waals surface area contributed by atoms with Crippen molar-refractivity contribution < 1.29 is 14.3 Å². The third-order valence-electron chi connectivity index (χ3n) is 4.79. The highest BCUT2D eigenvalue weighted by Gasteiger charge is 2.44. The molecule has 1 aliphatic carbocycles. The number of hydrogen-bond acceptors (Lipinski definition) is 4. The minimum absolute atomic E-state index is 0.282. The number of rotatable bonds is 2. The van der Waals surface area contributed by atoms with Gasteiger partial charge in [-0.3, -0.25) is 4.79 Å². The number of esters is 1. The van der Waals surface area contributed by atoms with Crippen LogP contribution in [-0.4, -0.2) is 30.4 Å². The molecule has 1 spiro atoms. The average Bonchev–Trinajstić information content (AvgIpc) is 2.44. The smallest absolute Gasteiger partial charge is 0.338 e. The maximum atomic E-state index is 12.0. The second-order valence-corrected chi connectivity index (χ2v) is 7.94. The molecule has 0 amide bonds. The second-order valence-electron chi connectivity index (χ2n) is 7.94. The minimum atomic E-state index is -0.474. The molecule has 2 fully saturated rings. The number of carbonyl (C=O) groups excluding carboxylic acids is 2. The van der Waals surface area contributed by atoms with Crippen molar-refractivity contribution in [3.8, 4) is 0 Å². The van der Waals surface area contributed by atoms with Crippen molar-refractivity contribution in [1.82, 2.24) is 0 Å². The molecule has 0 bridgehead atoms. The lowest BCUT2D eigenvalue weighted by Gasteiger charge is -2.53. The van der Waals surface area contributed by atoms with Gasteiger partial charge in [0.15, 0.2) is 0 Å². The summed E-state index contributed by atoms with van der Waals surface area (Å²) in [7, 11) is 0. The van der Waals surface area contributed by atoms with Gasteiger partial charge in [-0.25, -0.2) is 4.79 Å². The number of ketones is 1. The van der Waals surface area contributed by atoms with E-state index in [0.29, 0.717) is 16.8 Å². The van der Waals surface area contributed by atoms with Crippen LogP contribution in [0.2, 0.25) is 0 Å². The standard InChI is InChI=1S/C19H25NO3/c1-18(2,3)23-17(22)14-4-6-15(7-5-14)20-12-19(13-20)10-8-16(21)9-11-19/h4-7H,8-13H2,1-3H3. The van der Waals surface area contributed by atoms with Crippen LogP contribution >= 0.6 is 0 Å². The van der Waals surface area contributed by atoms with E-state index in [-0.39, 0.29) is 5.97 Å². The van der Waals surface area contributed by atoms with Crippen molar-refractivity contribution in [3.05, 3.63) is 29.8 Å². The molecule has 124 valence electrons. The fourth-order valence-corrected chi connectivity index (χ4v) is 3.47. The van der Waals surface area contributed by atoms with Gasteiger partial charge in [-0.1, -0.05) is 0 Å². The summed E-state index contributed by atoms with van der Waals surface area (Å²) in [6.45, 7) is 7.65. The quantitative estimate of drug-likeness (QED) is 0.783. The number of Topliss-reactive ketones (excluding diaryl/α,β-unsaturated/α-hetero) is 1. The Morgan fingerprint density at radius 2 is 1.65 bits per heavy atom. The van der Waals surface area contributed by atoms with Crippen molar-refractivity contribution in [2.45, 2.75) is 52.1 Å². The summed E-state index contributed by atoms with van der Waals surface area (Å²) < 4.78 is 5.38. The predicted octanol–water partition coefficient (Wildman–Crippen LogP) is 3.59. The van der Waals surface area contributed by atoms with Gasteiger partial charge in [-0.05, 0) is 57.9 Å². The van der Waals surface area contributed by atoms with E-state index in [2.05, 4.69) is 4.90 Å². The van der Waals surface area contributed by atoms with Crippen LogP contribution in [0.4, 0.5) is 5.69 Å². The maximum Gasteiger partial charge on any atom is 0.338 e. The van der Waals surface area contributed by atoms with Crippen LogP contribution < -0.4 is 4.90 Å². The first-order valence-corrected chi connectivity index (χ1v) is 8.37. The summed E-state index contributed by atoms with van der Waals surface area (Å²) in [4.78, 5) is 25.7. The van der Waals surface area contributed by atoms with E-state index in [0.717, 1.165) is 44.5 Å². The van der Waals surface area contributed by atoms with Gasteiger partial charge in [-0.15, -0.1) is 0 Å². The molecule has 0 radical (unpaired) electrons. The zero-order valence-corrected chi connectivity index (χ0v) is 14.2. The number of ether oxygens (including phenoxy) is 1. The van der Waals surface area contributed by atoms with E-state index in [9.17, 15) is 9.59 Å². The monoisotopic (exact) mass is 315 g/mol. The summed E-state index contributed by atoms with van der Waals surface area (Å²) in [5.41, 5.74) is 1.59. The van der Waals surface area contributed by atoms with Crippen LogP contribution in [-0.2, 0) is 9.53 Å². The van der Waals surface area contributed by atoms with Crippen molar-refractivity contribution in [1.29, 1.82) is 0 Å². The molecule has 2 aliphatic rings. The summed E-state index contributed by atoms with van der Waals surface area (Å²) in [5.74, 6) is 0.130. The molecular weight excluding hydrogens is 290 g/mol. The Bertz CT molecular complexity index is 594. The molecule has 1 saturated heterocycles. The van der Waals surface area contributed by atoms with Crippen molar-refractivity contribution in [2.24, 2.45) is 5.41 Å². The Morgan fingerprint density at radius 1 is 1.09 bits per heavy atom. The Labute approximate surface area is 137 Å². The van der Waals surface area contributed by atoms with Crippen molar-refractivity contribution >= 4 is 17.4 Å². The highest BCUT2D eigenvalue weighted by Crippen LogP contribution is 2.44. The average molecular weight is 315 g/mol. The first kappa shape index (κ1) is 16.0. The van der Waals surface area contributed by atoms with Crippen molar-refractivity contribution in [3.63, 3.8) is 0 Å². The summed E-state index contributed by atoms with van der Waals surface area (Å²) in [6.07, 6.45) is 3.54. The normalized spacial score (nSPS) is 20.3. The zero-order chi connectivity index (χ0) is 16.7. The van der Waals surface area contributed by atoms with Crippen LogP contribution in [0.3, 0.4) is 0 Å². The fraction of sp³-hybridized carbons (Fsp3) is 0.579. The Hall–Kier alpha value is -1.84. The first-order valence-electron chi connectivity index (χ1n) is 8.37. The number of nitrogens with zero attached hydrogens (tertiary/aromatic N) is 1. The Balaban J connectivity index is 1.59. The third kappa shape index (κ3) is 3.57. The molecule has 23 heavy (non-hydrogen) atoms. The highest BCUT2D eigenvalue weighted by atomic mass is 16.6. The molecule has 4 nitrogen and oxygen atoms in total. The molecule has 1 aromatic rings. The van der Waals surface area contributed by atoms with E-state index in [4.69, 9.17) is 4.74 Å². The molecule has 3 rings (SSSR count). The maximum absolute atomic E-state index is 12.0. The zero-order valence-electron chi connectivity index (χ0n) is 14.2. The van der Waals surface area contributed by atoms with Gasteiger partial charge < -0.3 is 9.64 Å². The second kappa shape index (κ2) is 5.66. The van der Waals surface area contributed by atoms with Gasteiger partial charge in [0.1, 0.15) is 11.4 Å². The van der Waals surface area contributed by atoms with Crippen molar-refractivity contribution in [2.75, 3.05) is 18.0 Å². The van der Waals surface area contributed by atoms with Gasteiger partial charge in [0, 0.05) is 37.0 Å². The van der Waals surface area contributed by atoms with Gasteiger partial charge in [-0.2, -0.15) is 0 Å². The molecule has 1 saturated carbocycles. The third-order valence-corrected chi connectivity index (χ3v) is 4.79. The largest absolute Gasteiger partial charge is 0.456 e. The van der Waals surface area contributed by atoms with Gasteiger partial charge in [0.25, 0.3) is 0 Å². The summed E-state index contributed by atoms with van der Waals surface area (Å²) >= 11 is 0. The molecule has 0 aromatic heterocycles. The van der Waals surface area contributed by atoms with Gasteiger partial charge in [0.05, 0.1) is 5.56 Å². The molecule has 1 aliphatic heterocycles. The van der Waals surface area contributed by atoms with E-state index in [1.54, 1.807) is 0 Å². The fourth-order valence-electron chi connectivity index (χ4n) is 3.47. The molecule has 4 heteroatoms. The van der Waals surface area contributed by atoms with E-state index < -0.39 is 5.60 Å². The number of benzene rings is 1. The van der Waals surface area contributed by atoms with Gasteiger partial charge in [0.2, 0.25) is 0 Å². The van der Waals surface area contributed by atoms with Crippen LogP contribution in [0.5, 0.6) is 0 Å². The van der Waals surface area contributed by atoms with E-state index in [1.165, 1.54) is 0 Å².